The number of hydrogen-bond donors (Lipinski definition) is 0. The average Bonchev–Trinajstić information content (AvgIpc) is 2.43. The molecule has 1 heterocycles. The number of alkyl halides is 1. The Kier molecular flexibility index (Phi) is 4.53. The van der Waals surface area contributed by atoms with E-state index in [1.807, 2.05) is 6.92 Å². The van der Waals surface area contributed by atoms with Crippen LogP contribution in [-0.2, 0) is 0 Å². The van der Waals surface area contributed by atoms with Gasteiger partial charge in [0.1, 0.15) is 13.2 Å². The first-order chi connectivity index (χ1) is 9.08. The van der Waals surface area contributed by atoms with Gasteiger partial charge in [0.2, 0.25) is 0 Å². The first-order valence-corrected chi connectivity index (χ1v) is 6.81. The number of halogens is 1. The summed E-state index contributed by atoms with van der Waals surface area (Å²) in [6, 6.07) is 5.27. The summed E-state index contributed by atoms with van der Waals surface area (Å²) in [4.78, 5) is 13.9. The number of ether oxygens (including phenoxy) is 2. The van der Waals surface area contributed by atoms with E-state index in [2.05, 4.69) is 0 Å². The summed E-state index contributed by atoms with van der Waals surface area (Å²) >= 11 is 5.89. The minimum Gasteiger partial charge on any atom is -0.486 e. The summed E-state index contributed by atoms with van der Waals surface area (Å²) in [6.07, 6.45) is 0.772. The molecule has 0 radical (unpaired) electrons. The zero-order valence-electron chi connectivity index (χ0n) is 11.2. The van der Waals surface area contributed by atoms with E-state index in [4.69, 9.17) is 21.1 Å². The van der Waals surface area contributed by atoms with Gasteiger partial charge in [0, 0.05) is 24.5 Å². The fourth-order valence-corrected chi connectivity index (χ4v) is 1.97. The third-order valence-electron chi connectivity index (χ3n) is 3.00. The largest absolute Gasteiger partial charge is 0.486 e. The molecule has 4 nitrogen and oxygen atoms in total. The lowest BCUT2D eigenvalue weighted by molar-refractivity contribution is 0.0792. The van der Waals surface area contributed by atoms with Gasteiger partial charge in [-0.3, -0.25) is 4.79 Å². The molecule has 2 rings (SSSR count). The van der Waals surface area contributed by atoms with Gasteiger partial charge in [0.25, 0.3) is 5.91 Å². The van der Waals surface area contributed by atoms with Crippen LogP contribution in [-0.4, -0.2) is 43.0 Å². The van der Waals surface area contributed by atoms with Crippen LogP contribution >= 0.6 is 11.6 Å². The van der Waals surface area contributed by atoms with Crippen LogP contribution in [0.4, 0.5) is 0 Å². The van der Waals surface area contributed by atoms with E-state index >= 15 is 0 Å². The lowest BCUT2D eigenvalue weighted by Gasteiger charge is -2.21. The molecule has 1 aromatic rings. The topological polar surface area (TPSA) is 38.8 Å². The number of amides is 1. The molecular weight excluding hydrogens is 266 g/mol. The van der Waals surface area contributed by atoms with Crippen molar-refractivity contribution < 1.29 is 14.3 Å². The molecule has 0 saturated carbocycles. The average molecular weight is 284 g/mol. The van der Waals surface area contributed by atoms with Crippen LogP contribution < -0.4 is 9.47 Å². The predicted octanol–water partition coefficient (Wildman–Crippen LogP) is 2.55. The molecule has 5 heteroatoms. The first-order valence-electron chi connectivity index (χ1n) is 6.37. The van der Waals surface area contributed by atoms with Crippen LogP contribution in [0.5, 0.6) is 11.5 Å². The molecular formula is C14H18ClNO3. The highest BCUT2D eigenvalue weighted by Crippen LogP contribution is 2.31. The summed E-state index contributed by atoms with van der Waals surface area (Å²) < 4.78 is 10.9. The fraction of sp³-hybridized carbons (Fsp3) is 0.500. The SMILES string of the molecule is CC(Cl)CCN(C)C(=O)c1ccc2c(c1)OCCO2. The van der Waals surface area contributed by atoms with Gasteiger partial charge in [0.15, 0.2) is 11.5 Å². The van der Waals surface area contributed by atoms with Gasteiger partial charge in [-0.1, -0.05) is 0 Å². The fourth-order valence-electron chi connectivity index (χ4n) is 1.87. The molecule has 0 aliphatic carbocycles. The van der Waals surface area contributed by atoms with Crippen LogP contribution in [0.25, 0.3) is 0 Å². The lowest BCUT2D eigenvalue weighted by atomic mass is 10.1. The minimum absolute atomic E-state index is 0.0331. The smallest absolute Gasteiger partial charge is 0.253 e. The summed E-state index contributed by atoms with van der Waals surface area (Å²) in [5.74, 6) is 1.30. The van der Waals surface area contributed by atoms with Crippen molar-refractivity contribution in [3.05, 3.63) is 23.8 Å². The number of rotatable bonds is 4. The van der Waals surface area contributed by atoms with E-state index < -0.39 is 0 Å². The third-order valence-corrected chi connectivity index (χ3v) is 3.22. The monoisotopic (exact) mass is 283 g/mol. The van der Waals surface area contributed by atoms with Crippen molar-refractivity contribution in [2.45, 2.75) is 18.7 Å². The highest BCUT2D eigenvalue weighted by Gasteiger charge is 2.17. The Labute approximate surface area is 118 Å². The van der Waals surface area contributed by atoms with Crippen LogP contribution in [0.15, 0.2) is 18.2 Å². The van der Waals surface area contributed by atoms with E-state index in [1.165, 1.54) is 0 Å². The van der Waals surface area contributed by atoms with Crippen molar-refractivity contribution in [2.75, 3.05) is 26.8 Å². The standard InChI is InChI=1S/C14H18ClNO3/c1-10(15)5-6-16(2)14(17)11-3-4-12-13(9-11)19-8-7-18-12/h3-4,9-10H,5-8H2,1-2H3. The second-order valence-electron chi connectivity index (χ2n) is 4.65. The minimum atomic E-state index is -0.0331. The molecule has 19 heavy (non-hydrogen) atoms. The molecule has 1 unspecified atom stereocenters. The quantitative estimate of drug-likeness (QED) is 0.797. The van der Waals surface area contributed by atoms with E-state index in [9.17, 15) is 4.79 Å². The van der Waals surface area contributed by atoms with Gasteiger partial charge in [-0.25, -0.2) is 0 Å². The van der Waals surface area contributed by atoms with Gasteiger partial charge in [-0.05, 0) is 31.5 Å². The Morgan fingerprint density at radius 1 is 1.37 bits per heavy atom. The molecule has 1 amide bonds. The molecule has 0 N–H and O–H groups in total. The molecule has 1 aliphatic heterocycles. The third kappa shape index (κ3) is 3.53. The van der Waals surface area contributed by atoms with Crippen molar-refractivity contribution in [2.24, 2.45) is 0 Å². The molecule has 0 fully saturated rings. The number of benzene rings is 1. The Balaban J connectivity index is 2.06. The lowest BCUT2D eigenvalue weighted by Crippen LogP contribution is -2.29. The second kappa shape index (κ2) is 6.15. The zero-order chi connectivity index (χ0) is 13.8. The number of fused-ring (bicyclic) bond motifs is 1. The maximum atomic E-state index is 12.2. The predicted molar refractivity (Wildman–Crippen MR) is 74.3 cm³/mol. The highest BCUT2D eigenvalue weighted by molar-refractivity contribution is 6.20. The van der Waals surface area contributed by atoms with Gasteiger partial charge in [-0.2, -0.15) is 0 Å². The van der Waals surface area contributed by atoms with Crippen LogP contribution in [0.3, 0.4) is 0 Å². The Hall–Kier alpha value is -1.42. The van der Waals surface area contributed by atoms with Crippen molar-refractivity contribution >= 4 is 17.5 Å². The number of hydrogen-bond acceptors (Lipinski definition) is 3. The Morgan fingerprint density at radius 2 is 2.05 bits per heavy atom. The molecule has 0 aromatic heterocycles. The molecule has 0 spiro atoms. The summed E-state index contributed by atoms with van der Waals surface area (Å²) in [5.41, 5.74) is 0.606. The van der Waals surface area contributed by atoms with Crippen molar-refractivity contribution in [3.63, 3.8) is 0 Å². The van der Waals surface area contributed by atoms with Crippen LogP contribution in [0, 0.1) is 0 Å². The first kappa shape index (κ1) is 14.0. The highest BCUT2D eigenvalue weighted by atomic mass is 35.5. The van der Waals surface area contributed by atoms with Crippen molar-refractivity contribution in [1.82, 2.24) is 4.90 Å². The summed E-state index contributed by atoms with van der Waals surface area (Å²) in [5, 5.41) is 0.0653. The number of carbonyl (C=O) groups excluding carboxylic acids is 1. The van der Waals surface area contributed by atoms with Gasteiger partial charge in [-0.15, -0.1) is 11.6 Å². The maximum absolute atomic E-state index is 12.2. The van der Waals surface area contributed by atoms with Gasteiger partial charge >= 0.3 is 0 Å². The second-order valence-corrected chi connectivity index (χ2v) is 5.40. The van der Waals surface area contributed by atoms with E-state index in [-0.39, 0.29) is 11.3 Å². The van der Waals surface area contributed by atoms with Crippen LogP contribution in [0.1, 0.15) is 23.7 Å². The molecule has 1 aliphatic rings. The molecule has 1 atom stereocenters. The molecule has 104 valence electrons. The van der Waals surface area contributed by atoms with Crippen molar-refractivity contribution in [1.29, 1.82) is 0 Å². The molecule has 1 aromatic carbocycles. The van der Waals surface area contributed by atoms with Crippen LogP contribution in [0.2, 0.25) is 0 Å². The Morgan fingerprint density at radius 3 is 2.74 bits per heavy atom. The van der Waals surface area contributed by atoms with Crippen molar-refractivity contribution in [3.8, 4) is 11.5 Å². The molecule has 0 saturated heterocycles. The van der Waals surface area contributed by atoms with Gasteiger partial charge < -0.3 is 14.4 Å². The maximum Gasteiger partial charge on any atom is 0.253 e. The normalized spacial score (nSPS) is 14.9. The number of nitrogens with zero attached hydrogens (tertiary/aromatic N) is 1. The number of carbonyl (C=O) groups is 1. The summed E-state index contributed by atoms with van der Waals surface area (Å²) in [7, 11) is 1.78. The molecule has 0 bridgehead atoms. The summed E-state index contributed by atoms with van der Waals surface area (Å²) in [6.45, 7) is 3.62. The van der Waals surface area contributed by atoms with E-state index in [0.717, 1.165) is 6.42 Å². The zero-order valence-corrected chi connectivity index (χ0v) is 11.9. The van der Waals surface area contributed by atoms with Gasteiger partial charge in [0.05, 0.1) is 0 Å². The van der Waals surface area contributed by atoms with E-state index in [1.54, 1.807) is 30.1 Å². The Bertz CT molecular complexity index is 462. The van der Waals surface area contributed by atoms with E-state index in [0.29, 0.717) is 36.8 Å².